The van der Waals surface area contributed by atoms with Crippen molar-refractivity contribution in [3.8, 4) is 11.1 Å². The first-order valence-electron chi connectivity index (χ1n) is 12.1. The highest BCUT2D eigenvalue weighted by Gasteiger charge is 2.29. The Morgan fingerprint density at radius 1 is 1.09 bits per heavy atom. The second kappa shape index (κ2) is 10.3. The highest BCUT2D eigenvalue weighted by molar-refractivity contribution is 5.79. The minimum absolute atomic E-state index is 0.0830. The number of carbonyl (C=O) groups is 1. The molecule has 2 aromatic rings. The predicted molar refractivity (Wildman–Crippen MR) is 131 cm³/mol. The summed E-state index contributed by atoms with van der Waals surface area (Å²) in [6.07, 6.45) is 4.24. The molecule has 182 valence electrons. The van der Waals surface area contributed by atoms with E-state index in [1.807, 2.05) is 18.2 Å². The lowest BCUT2D eigenvalue weighted by atomic mass is 9.87. The summed E-state index contributed by atoms with van der Waals surface area (Å²) in [5.41, 5.74) is 5.40. The minimum atomic E-state index is -0.366. The van der Waals surface area contributed by atoms with E-state index in [4.69, 9.17) is 0 Å². The zero-order chi connectivity index (χ0) is 24.4. The first kappa shape index (κ1) is 24.4. The number of nitrogens with one attached hydrogen (secondary N) is 1. The first-order valence-corrected chi connectivity index (χ1v) is 12.1. The molecule has 4 rings (SSSR count). The topological polar surface area (TPSA) is 110 Å². The number of benzene rings is 1. The van der Waals surface area contributed by atoms with Crippen LogP contribution in [0.1, 0.15) is 73.4 Å². The van der Waals surface area contributed by atoms with Crippen LogP contribution in [0.4, 0.5) is 5.69 Å². The Hall–Kier alpha value is -2.74. The van der Waals surface area contributed by atoms with Gasteiger partial charge in [0.2, 0.25) is 11.3 Å². The average molecular weight is 467 g/mol. The predicted octanol–water partition coefficient (Wildman–Crippen LogP) is 2.69. The van der Waals surface area contributed by atoms with Crippen LogP contribution in [0.2, 0.25) is 0 Å². The maximum Gasteiger partial charge on any atom is 0.217 e. The van der Waals surface area contributed by atoms with E-state index >= 15 is 0 Å². The lowest BCUT2D eigenvalue weighted by Crippen LogP contribution is -2.32. The number of aryl methyl sites for hydroxylation is 1. The van der Waals surface area contributed by atoms with Crippen LogP contribution in [-0.4, -0.2) is 33.8 Å². The molecule has 1 fully saturated rings. The highest BCUT2D eigenvalue weighted by atomic mass is 16.3. The van der Waals surface area contributed by atoms with Gasteiger partial charge in [-0.2, -0.15) is 0 Å². The van der Waals surface area contributed by atoms with Crippen LogP contribution in [0.3, 0.4) is 0 Å². The standard InChI is InChI=1S/C27H34N2O5/c1-3-19-5-4-10-29(19)25-9-7-20-21(12-26(25)34)24(28-16(2)33)8-6-17-11-18(13-30)22(14-31)23(15-32)27(17)20/h7,9,11-12,19,24,30-32H,3-6,8,10,13-15H2,1-2H3,(H,28,33)/t19-,24?/m0/s1. The zero-order valence-electron chi connectivity index (χ0n) is 19.9. The van der Waals surface area contributed by atoms with Gasteiger partial charge in [-0.15, -0.1) is 0 Å². The number of aliphatic hydroxyl groups is 3. The second-order valence-electron chi connectivity index (χ2n) is 9.29. The summed E-state index contributed by atoms with van der Waals surface area (Å²) >= 11 is 0. The number of fused-ring (bicyclic) bond motifs is 3. The Balaban J connectivity index is 2.01. The maximum absolute atomic E-state index is 13.5. The van der Waals surface area contributed by atoms with Gasteiger partial charge in [-0.1, -0.05) is 19.1 Å². The van der Waals surface area contributed by atoms with E-state index in [0.717, 1.165) is 42.5 Å². The third kappa shape index (κ3) is 4.35. The van der Waals surface area contributed by atoms with Crippen molar-refractivity contribution in [2.45, 2.75) is 77.9 Å². The van der Waals surface area contributed by atoms with Crippen molar-refractivity contribution in [3.05, 3.63) is 62.3 Å². The number of hydrogen-bond donors (Lipinski definition) is 4. The Bertz CT molecular complexity index is 1150. The normalized spacial score (nSPS) is 19.4. The van der Waals surface area contributed by atoms with Gasteiger partial charge in [-0.25, -0.2) is 0 Å². The fourth-order valence-corrected chi connectivity index (χ4v) is 5.77. The summed E-state index contributed by atoms with van der Waals surface area (Å²) < 4.78 is 0. The van der Waals surface area contributed by atoms with Crippen LogP contribution < -0.4 is 15.6 Å². The van der Waals surface area contributed by atoms with Crippen LogP contribution in [0.15, 0.2) is 29.1 Å². The van der Waals surface area contributed by atoms with Crippen molar-refractivity contribution in [2.75, 3.05) is 11.4 Å². The van der Waals surface area contributed by atoms with E-state index in [2.05, 4.69) is 17.1 Å². The number of nitrogens with zero attached hydrogens (tertiary/aromatic N) is 1. The molecule has 0 bridgehead atoms. The quantitative estimate of drug-likeness (QED) is 0.521. The van der Waals surface area contributed by atoms with Crippen LogP contribution in [0.25, 0.3) is 11.1 Å². The van der Waals surface area contributed by atoms with Crippen LogP contribution in [0.5, 0.6) is 0 Å². The largest absolute Gasteiger partial charge is 0.392 e. The first-order chi connectivity index (χ1) is 16.4. The molecular formula is C27H34N2O5. The molecule has 1 heterocycles. The van der Waals surface area contributed by atoms with Crippen LogP contribution in [-0.2, 0) is 31.0 Å². The summed E-state index contributed by atoms with van der Waals surface area (Å²) in [5.74, 6) is -0.179. The van der Waals surface area contributed by atoms with E-state index in [-0.39, 0.29) is 37.2 Å². The fourth-order valence-electron chi connectivity index (χ4n) is 5.77. The molecule has 7 heteroatoms. The van der Waals surface area contributed by atoms with E-state index in [1.165, 1.54) is 6.92 Å². The molecule has 4 N–H and O–H groups in total. The Morgan fingerprint density at radius 3 is 2.50 bits per heavy atom. The lowest BCUT2D eigenvalue weighted by Gasteiger charge is -2.24. The molecule has 0 saturated carbocycles. The van der Waals surface area contributed by atoms with Crippen molar-refractivity contribution >= 4 is 11.6 Å². The fraction of sp³-hybridized carbons (Fsp3) is 0.481. The van der Waals surface area contributed by atoms with Crippen molar-refractivity contribution in [2.24, 2.45) is 0 Å². The number of anilines is 1. The Morgan fingerprint density at radius 2 is 1.85 bits per heavy atom. The van der Waals surface area contributed by atoms with E-state index in [1.54, 1.807) is 6.07 Å². The minimum Gasteiger partial charge on any atom is -0.392 e. The van der Waals surface area contributed by atoms with E-state index in [9.17, 15) is 24.9 Å². The molecule has 1 amide bonds. The van der Waals surface area contributed by atoms with Crippen molar-refractivity contribution < 1.29 is 20.1 Å². The molecule has 0 aromatic heterocycles. The van der Waals surface area contributed by atoms with Gasteiger partial charge >= 0.3 is 0 Å². The highest BCUT2D eigenvalue weighted by Crippen LogP contribution is 2.41. The molecular weight excluding hydrogens is 432 g/mol. The van der Waals surface area contributed by atoms with E-state index in [0.29, 0.717) is 46.8 Å². The summed E-state index contributed by atoms with van der Waals surface area (Å²) in [7, 11) is 0. The van der Waals surface area contributed by atoms with Crippen molar-refractivity contribution in [3.63, 3.8) is 0 Å². The number of aliphatic hydroxyl groups excluding tert-OH is 3. The van der Waals surface area contributed by atoms with Gasteiger partial charge in [-0.05, 0) is 83.2 Å². The van der Waals surface area contributed by atoms with Gasteiger partial charge < -0.3 is 25.5 Å². The Labute approximate surface area is 200 Å². The number of hydrogen-bond acceptors (Lipinski definition) is 6. The molecule has 1 aliphatic carbocycles. The van der Waals surface area contributed by atoms with Gasteiger partial charge in [0.25, 0.3) is 0 Å². The number of carbonyl (C=O) groups excluding carboxylic acids is 1. The number of amides is 1. The van der Waals surface area contributed by atoms with Crippen molar-refractivity contribution in [1.29, 1.82) is 0 Å². The zero-order valence-corrected chi connectivity index (χ0v) is 19.9. The monoisotopic (exact) mass is 466 g/mol. The van der Waals surface area contributed by atoms with Crippen LogP contribution in [0, 0.1) is 0 Å². The molecule has 1 aliphatic heterocycles. The smallest absolute Gasteiger partial charge is 0.217 e. The van der Waals surface area contributed by atoms with Crippen LogP contribution >= 0.6 is 0 Å². The third-order valence-corrected chi connectivity index (χ3v) is 7.35. The van der Waals surface area contributed by atoms with E-state index < -0.39 is 0 Å². The maximum atomic E-state index is 13.5. The molecule has 1 unspecified atom stereocenters. The van der Waals surface area contributed by atoms with Crippen molar-refractivity contribution in [1.82, 2.24) is 5.32 Å². The van der Waals surface area contributed by atoms with Gasteiger partial charge in [0.05, 0.1) is 31.5 Å². The molecule has 0 radical (unpaired) electrons. The SMILES string of the molecule is CC[C@H]1CCCN1c1ccc2c(cc1=O)C(NC(C)=O)CCc1cc(CO)c(CO)c(CO)c1-2. The Kier molecular flexibility index (Phi) is 7.36. The summed E-state index contributed by atoms with van der Waals surface area (Å²) in [6, 6.07) is 7.28. The molecule has 1 saturated heterocycles. The van der Waals surface area contributed by atoms with Gasteiger partial charge in [-0.3, -0.25) is 9.59 Å². The third-order valence-electron chi connectivity index (χ3n) is 7.35. The average Bonchev–Trinajstić information content (AvgIpc) is 3.17. The summed E-state index contributed by atoms with van der Waals surface area (Å²) in [4.78, 5) is 27.7. The molecule has 0 spiro atoms. The molecule has 2 aromatic carbocycles. The molecule has 2 aliphatic rings. The molecule has 7 nitrogen and oxygen atoms in total. The summed E-state index contributed by atoms with van der Waals surface area (Å²) in [5, 5.41) is 33.3. The second-order valence-corrected chi connectivity index (χ2v) is 9.29. The summed E-state index contributed by atoms with van der Waals surface area (Å²) in [6.45, 7) is 3.57. The van der Waals surface area contributed by atoms with Gasteiger partial charge in [0.1, 0.15) is 0 Å². The molecule has 2 atom stereocenters. The van der Waals surface area contributed by atoms with Gasteiger partial charge in [0.15, 0.2) is 0 Å². The van der Waals surface area contributed by atoms with Gasteiger partial charge in [0, 0.05) is 19.5 Å². The lowest BCUT2D eigenvalue weighted by molar-refractivity contribution is -0.119. The molecule has 34 heavy (non-hydrogen) atoms. The number of rotatable bonds is 6.